The quantitative estimate of drug-likeness (QED) is 0.606. The van der Waals surface area contributed by atoms with Crippen LogP contribution < -0.4 is 0 Å². The molecule has 3 heteroatoms. The maximum absolute atomic E-state index is 10.0. The molecular formula is C7H6O2S. The third-order valence-corrected chi connectivity index (χ3v) is 1.46. The Bertz CT molecular complexity index is 277. The second kappa shape index (κ2) is 3.17. The topological polar surface area (TPSA) is 37.3 Å². The predicted molar refractivity (Wildman–Crippen MR) is 41.4 cm³/mol. The summed E-state index contributed by atoms with van der Waals surface area (Å²) in [6.45, 7) is 0. The molecule has 0 aliphatic carbocycles. The van der Waals surface area contributed by atoms with Crippen LogP contribution in [-0.2, 0) is 11.3 Å². The predicted octanol–water partition coefficient (Wildman–Crippen LogP) is 0.755. The molecule has 0 aliphatic heterocycles. The largest absolute Gasteiger partial charge is 0.507 e. The van der Waals surface area contributed by atoms with Crippen molar-refractivity contribution in [2.45, 2.75) is 0 Å². The number of hydrogen-bond donors (Lipinski definition) is 1. The first-order valence-electron chi connectivity index (χ1n) is 2.74. The van der Waals surface area contributed by atoms with E-state index >= 15 is 0 Å². The van der Waals surface area contributed by atoms with Crippen LogP contribution in [0.3, 0.4) is 0 Å². The molecule has 1 aromatic carbocycles. The van der Waals surface area contributed by atoms with E-state index in [1.54, 1.807) is 24.3 Å². The highest BCUT2D eigenvalue weighted by atomic mass is 32.1. The minimum Gasteiger partial charge on any atom is -0.507 e. The van der Waals surface area contributed by atoms with Gasteiger partial charge in [-0.15, -0.1) is 0 Å². The van der Waals surface area contributed by atoms with Gasteiger partial charge in [0.05, 0.1) is 11.3 Å². The minimum absolute atomic E-state index is 0.144. The van der Waals surface area contributed by atoms with Crippen LogP contribution in [-0.4, -0.2) is 14.7 Å². The molecule has 2 nitrogen and oxygen atoms in total. The summed E-state index contributed by atoms with van der Waals surface area (Å²) in [5.74, 6) is 0.144. The summed E-state index contributed by atoms with van der Waals surface area (Å²) in [6.07, 6.45) is 0. The van der Waals surface area contributed by atoms with Gasteiger partial charge in [0, 0.05) is 10.9 Å². The zero-order chi connectivity index (χ0) is 7.40. The lowest BCUT2D eigenvalue weighted by atomic mass is 10.2. The maximum atomic E-state index is 10.0. The van der Waals surface area contributed by atoms with Crippen LogP contribution in [0.2, 0.25) is 0 Å². The first-order valence-corrected chi connectivity index (χ1v) is 3.55. The van der Waals surface area contributed by atoms with Crippen molar-refractivity contribution in [2.24, 2.45) is 0 Å². The van der Waals surface area contributed by atoms with E-state index in [2.05, 4.69) is 0 Å². The molecule has 0 atom stereocenters. The van der Waals surface area contributed by atoms with Crippen molar-refractivity contribution >= 4 is 16.6 Å². The van der Waals surface area contributed by atoms with E-state index in [0.717, 1.165) is 0 Å². The Morgan fingerprint density at radius 3 is 2.70 bits per heavy atom. The molecule has 1 rings (SSSR count). The Balaban J connectivity index is 3.14. The fourth-order valence-corrected chi connectivity index (χ4v) is 0.942. The highest BCUT2D eigenvalue weighted by molar-refractivity contribution is 7.65. The summed E-state index contributed by atoms with van der Waals surface area (Å²) in [4.78, 5) is 0. The minimum atomic E-state index is 0.144. The summed E-state index contributed by atoms with van der Waals surface area (Å²) < 4.78 is 10.0. The molecule has 0 saturated heterocycles. The van der Waals surface area contributed by atoms with Gasteiger partial charge < -0.3 is 5.11 Å². The van der Waals surface area contributed by atoms with Crippen LogP contribution >= 0.6 is 0 Å². The third-order valence-electron chi connectivity index (χ3n) is 1.11. The smallest absolute Gasteiger partial charge is 0.123 e. The highest BCUT2D eigenvalue weighted by Gasteiger charge is 1.92. The van der Waals surface area contributed by atoms with E-state index in [0.29, 0.717) is 16.8 Å². The fourth-order valence-electron chi connectivity index (χ4n) is 0.639. The van der Waals surface area contributed by atoms with Crippen molar-refractivity contribution in [1.82, 2.24) is 0 Å². The SMILES string of the molecule is O=S=Cc1ccccc1O. The van der Waals surface area contributed by atoms with E-state index < -0.39 is 0 Å². The van der Waals surface area contributed by atoms with Crippen molar-refractivity contribution in [3.63, 3.8) is 0 Å². The Hall–Kier alpha value is -1.09. The molecule has 10 heavy (non-hydrogen) atoms. The van der Waals surface area contributed by atoms with Crippen LogP contribution in [0.15, 0.2) is 24.3 Å². The molecule has 0 radical (unpaired) electrons. The van der Waals surface area contributed by atoms with E-state index in [9.17, 15) is 4.21 Å². The van der Waals surface area contributed by atoms with Gasteiger partial charge in [0.2, 0.25) is 0 Å². The van der Waals surface area contributed by atoms with Gasteiger partial charge in [0.1, 0.15) is 5.75 Å². The zero-order valence-corrected chi connectivity index (χ0v) is 5.97. The van der Waals surface area contributed by atoms with E-state index in [4.69, 9.17) is 5.11 Å². The summed E-state index contributed by atoms with van der Waals surface area (Å²) in [7, 11) is 0. The third kappa shape index (κ3) is 1.45. The average molecular weight is 154 g/mol. The summed E-state index contributed by atoms with van der Waals surface area (Å²) in [5.41, 5.74) is 0.572. The van der Waals surface area contributed by atoms with Crippen LogP contribution in [0.25, 0.3) is 0 Å². The second-order valence-electron chi connectivity index (χ2n) is 1.77. The number of phenolic OH excluding ortho intramolecular Hbond substituents is 1. The summed E-state index contributed by atoms with van der Waals surface area (Å²) in [5, 5.41) is 10.4. The van der Waals surface area contributed by atoms with E-state index in [1.165, 1.54) is 5.37 Å². The Morgan fingerprint density at radius 2 is 2.10 bits per heavy atom. The molecule has 0 amide bonds. The van der Waals surface area contributed by atoms with E-state index in [1.807, 2.05) is 0 Å². The van der Waals surface area contributed by atoms with Crippen molar-refractivity contribution in [2.75, 3.05) is 0 Å². The van der Waals surface area contributed by atoms with Gasteiger partial charge in [-0.1, -0.05) is 18.2 Å². The molecule has 52 valence electrons. The Morgan fingerprint density at radius 1 is 1.40 bits per heavy atom. The summed E-state index contributed by atoms with van der Waals surface area (Å²) >= 11 is 0.334. The van der Waals surface area contributed by atoms with Crippen LogP contribution in [0.1, 0.15) is 5.56 Å². The molecule has 0 heterocycles. The Kier molecular flexibility index (Phi) is 2.23. The molecule has 0 bridgehead atoms. The molecule has 0 aliphatic rings. The maximum Gasteiger partial charge on any atom is 0.123 e. The number of hydrogen-bond acceptors (Lipinski definition) is 2. The number of benzene rings is 1. The molecule has 0 aromatic heterocycles. The van der Waals surface area contributed by atoms with Crippen LogP contribution in [0, 0.1) is 0 Å². The van der Waals surface area contributed by atoms with Crippen LogP contribution in [0.4, 0.5) is 0 Å². The molecule has 1 N–H and O–H groups in total. The summed E-state index contributed by atoms with van der Waals surface area (Å²) in [6, 6.07) is 6.70. The standard InChI is InChI=1S/C7H6O2S/c8-7-4-2-1-3-6(7)5-10-9/h1-5,8H. The van der Waals surface area contributed by atoms with Crippen molar-refractivity contribution in [1.29, 1.82) is 0 Å². The number of phenols is 1. The van der Waals surface area contributed by atoms with Crippen molar-refractivity contribution in [3.05, 3.63) is 29.8 Å². The van der Waals surface area contributed by atoms with Gasteiger partial charge in [-0.05, 0) is 6.07 Å². The lowest BCUT2D eigenvalue weighted by Gasteiger charge is -1.92. The van der Waals surface area contributed by atoms with E-state index in [-0.39, 0.29) is 5.75 Å². The van der Waals surface area contributed by atoms with Crippen molar-refractivity contribution < 1.29 is 9.32 Å². The van der Waals surface area contributed by atoms with Gasteiger partial charge in [-0.2, -0.15) is 0 Å². The van der Waals surface area contributed by atoms with Gasteiger partial charge in [-0.25, -0.2) is 4.21 Å². The molecule has 0 fully saturated rings. The number of aromatic hydroxyl groups is 1. The average Bonchev–Trinajstić information content (AvgIpc) is 1.94. The van der Waals surface area contributed by atoms with Crippen LogP contribution in [0.5, 0.6) is 5.75 Å². The van der Waals surface area contributed by atoms with Gasteiger partial charge >= 0.3 is 0 Å². The fraction of sp³-hybridized carbons (Fsp3) is 0. The lowest BCUT2D eigenvalue weighted by Crippen LogP contribution is -1.78. The highest BCUT2D eigenvalue weighted by Crippen LogP contribution is 2.11. The lowest BCUT2D eigenvalue weighted by molar-refractivity contribution is 0.474. The van der Waals surface area contributed by atoms with Gasteiger partial charge in [0.25, 0.3) is 0 Å². The van der Waals surface area contributed by atoms with Gasteiger partial charge in [0.15, 0.2) is 0 Å². The number of rotatable bonds is 1. The van der Waals surface area contributed by atoms with Gasteiger partial charge in [-0.3, -0.25) is 0 Å². The molecular weight excluding hydrogens is 148 g/mol. The number of para-hydroxylation sites is 1. The normalized spacial score (nSPS) is 8.80. The Labute approximate surface area is 62.2 Å². The molecule has 0 saturated carbocycles. The zero-order valence-electron chi connectivity index (χ0n) is 5.15. The first kappa shape index (κ1) is 7.02. The molecule has 1 aromatic rings. The molecule has 0 spiro atoms. The molecule has 0 unspecified atom stereocenters. The van der Waals surface area contributed by atoms with Crippen molar-refractivity contribution in [3.8, 4) is 5.75 Å². The second-order valence-corrected chi connectivity index (χ2v) is 2.20. The monoisotopic (exact) mass is 154 g/mol. The first-order chi connectivity index (χ1) is 4.84.